The molecule has 0 bridgehead atoms. The molecule has 1 aliphatic carbocycles. The van der Waals surface area contributed by atoms with Gasteiger partial charge in [0.25, 0.3) is 0 Å². The van der Waals surface area contributed by atoms with Crippen LogP contribution < -0.4 is 10.5 Å². The molecule has 1 fully saturated rings. The molecule has 10 nitrogen and oxygen atoms in total. The van der Waals surface area contributed by atoms with Gasteiger partial charge in [-0.15, -0.1) is 0 Å². The van der Waals surface area contributed by atoms with Gasteiger partial charge in [0, 0.05) is 5.56 Å². The molecule has 0 aliphatic heterocycles. The first kappa shape index (κ1) is 24.2. The summed E-state index contributed by atoms with van der Waals surface area (Å²) in [7, 11) is 0. The predicted molar refractivity (Wildman–Crippen MR) is 136 cm³/mol. The van der Waals surface area contributed by atoms with E-state index in [0.29, 0.717) is 22.5 Å². The second-order valence-corrected chi connectivity index (χ2v) is 8.78. The maximum absolute atomic E-state index is 12.7. The number of rotatable bonds is 8. The lowest BCUT2D eigenvalue weighted by Gasteiger charge is -2.42. The van der Waals surface area contributed by atoms with Crippen LogP contribution >= 0.6 is 0 Å². The monoisotopic (exact) mass is 501 g/mol. The van der Waals surface area contributed by atoms with Gasteiger partial charge in [0.1, 0.15) is 29.3 Å². The van der Waals surface area contributed by atoms with Gasteiger partial charge < -0.3 is 19.9 Å². The molecule has 1 aliphatic rings. The minimum Gasteiger partial charge on any atom is -0.465 e. The Kier molecular flexibility index (Phi) is 6.47. The molecule has 10 heteroatoms. The molecule has 2 aromatic heterocycles. The number of esters is 2. The molecule has 37 heavy (non-hydrogen) atoms. The van der Waals surface area contributed by atoms with Crippen molar-refractivity contribution in [3.63, 3.8) is 0 Å². The molecular weight excluding hydrogens is 474 g/mol. The highest BCUT2D eigenvalue weighted by molar-refractivity contribution is 6.02. The van der Waals surface area contributed by atoms with Crippen LogP contribution in [0.2, 0.25) is 0 Å². The number of ether oxygens (including phenoxy) is 3. The van der Waals surface area contributed by atoms with Crippen LogP contribution in [-0.4, -0.2) is 44.9 Å². The van der Waals surface area contributed by atoms with Gasteiger partial charge >= 0.3 is 11.9 Å². The Hall–Kier alpha value is -4.47. The van der Waals surface area contributed by atoms with Crippen molar-refractivity contribution in [3.8, 4) is 22.8 Å². The summed E-state index contributed by atoms with van der Waals surface area (Å²) in [6.45, 7) is 3.76. The third kappa shape index (κ3) is 4.35. The fourth-order valence-corrected chi connectivity index (χ4v) is 4.63. The second-order valence-electron chi connectivity index (χ2n) is 8.78. The lowest BCUT2D eigenvalue weighted by molar-refractivity contribution is -0.182. The smallest absolute Gasteiger partial charge is 0.323 e. The summed E-state index contributed by atoms with van der Waals surface area (Å²) < 4.78 is 18.0. The zero-order valence-electron chi connectivity index (χ0n) is 20.6. The lowest BCUT2D eigenvalue weighted by Crippen LogP contribution is -2.52. The highest BCUT2D eigenvalue weighted by Gasteiger charge is 2.59. The fraction of sp³-hybridized carbons (Fsp3) is 0.296. The standard InChI is InChI=1S/C27H27N5O5/c1-3-35-25(33)27(26(34)36-4-2)14-18(15-27)32-24-21(23(28)29-16-30-24)22(31-32)17-10-12-20(13-11-17)37-19-8-6-5-7-9-19/h5-13,16,18H,3-4,14-15H2,1-2H3,(H2,28,29,30). The van der Waals surface area contributed by atoms with Crippen molar-refractivity contribution in [1.29, 1.82) is 0 Å². The zero-order chi connectivity index (χ0) is 26.0. The van der Waals surface area contributed by atoms with E-state index in [1.807, 2.05) is 54.6 Å². The average molecular weight is 502 g/mol. The molecule has 2 aromatic carbocycles. The van der Waals surface area contributed by atoms with Gasteiger partial charge in [0.15, 0.2) is 11.1 Å². The molecule has 0 unspecified atom stereocenters. The molecule has 190 valence electrons. The number of hydrogen-bond acceptors (Lipinski definition) is 9. The quantitative estimate of drug-likeness (QED) is 0.277. The summed E-state index contributed by atoms with van der Waals surface area (Å²) in [5.41, 5.74) is 6.82. The third-order valence-electron chi connectivity index (χ3n) is 6.47. The minimum atomic E-state index is -1.36. The Morgan fingerprint density at radius 2 is 1.57 bits per heavy atom. The van der Waals surface area contributed by atoms with E-state index in [2.05, 4.69) is 9.97 Å². The topological polar surface area (TPSA) is 131 Å². The van der Waals surface area contributed by atoms with Crippen molar-refractivity contribution >= 4 is 28.8 Å². The van der Waals surface area contributed by atoms with E-state index in [1.54, 1.807) is 18.5 Å². The van der Waals surface area contributed by atoms with Gasteiger partial charge in [0.05, 0.1) is 24.6 Å². The van der Waals surface area contributed by atoms with Gasteiger partial charge in [-0.3, -0.25) is 9.59 Å². The van der Waals surface area contributed by atoms with E-state index < -0.39 is 17.4 Å². The van der Waals surface area contributed by atoms with E-state index in [4.69, 9.17) is 25.0 Å². The number of hydrogen-bond donors (Lipinski definition) is 1. The number of fused-ring (bicyclic) bond motifs is 1. The van der Waals surface area contributed by atoms with Gasteiger partial charge in [-0.2, -0.15) is 5.10 Å². The third-order valence-corrected chi connectivity index (χ3v) is 6.47. The van der Waals surface area contributed by atoms with Crippen LogP contribution in [-0.2, 0) is 19.1 Å². The van der Waals surface area contributed by atoms with Crippen molar-refractivity contribution < 1.29 is 23.8 Å². The van der Waals surface area contributed by atoms with Gasteiger partial charge in [-0.05, 0) is 63.1 Å². The molecule has 2 heterocycles. The van der Waals surface area contributed by atoms with E-state index >= 15 is 0 Å². The highest BCUT2D eigenvalue weighted by atomic mass is 16.6. The average Bonchev–Trinajstić information content (AvgIpc) is 3.26. The number of nitrogens with zero attached hydrogens (tertiary/aromatic N) is 4. The zero-order valence-corrected chi connectivity index (χ0v) is 20.6. The number of carbonyl (C=O) groups is 2. The van der Waals surface area contributed by atoms with Crippen LogP contribution in [0.4, 0.5) is 5.82 Å². The van der Waals surface area contributed by atoms with Crippen LogP contribution in [0.1, 0.15) is 32.7 Å². The maximum atomic E-state index is 12.7. The lowest BCUT2D eigenvalue weighted by atomic mass is 9.65. The summed E-state index contributed by atoms with van der Waals surface area (Å²) >= 11 is 0. The second kappa shape index (κ2) is 9.88. The molecule has 0 atom stereocenters. The summed E-state index contributed by atoms with van der Waals surface area (Å²) in [4.78, 5) is 34.1. The Morgan fingerprint density at radius 1 is 0.946 bits per heavy atom. The van der Waals surface area contributed by atoms with E-state index in [-0.39, 0.29) is 37.9 Å². The van der Waals surface area contributed by atoms with E-state index in [9.17, 15) is 9.59 Å². The number of benzene rings is 2. The number of nitrogens with two attached hydrogens (primary N) is 1. The van der Waals surface area contributed by atoms with Crippen LogP contribution in [0, 0.1) is 5.41 Å². The number of anilines is 1. The van der Waals surface area contributed by atoms with Crippen molar-refractivity contribution in [3.05, 3.63) is 60.9 Å². The van der Waals surface area contributed by atoms with Crippen molar-refractivity contribution in [2.24, 2.45) is 5.41 Å². The van der Waals surface area contributed by atoms with Crippen LogP contribution in [0.3, 0.4) is 0 Å². The van der Waals surface area contributed by atoms with E-state index in [1.165, 1.54) is 6.33 Å². The Morgan fingerprint density at radius 3 is 2.19 bits per heavy atom. The number of carbonyl (C=O) groups excluding carboxylic acids is 2. The summed E-state index contributed by atoms with van der Waals surface area (Å²) in [5.74, 6) is 0.543. The van der Waals surface area contributed by atoms with Crippen molar-refractivity contribution in [2.75, 3.05) is 18.9 Å². The highest BCUT2D eigenvalue weighted by Crippen LogP contribution is 2.51. The molecule has 1 saturated carbocycles. The normalized spacial score (nSPS) is 14.6. The molecule has 4 aromatic rings. The molecule has 2 N–H and O–H groups in total. The van der Waals surface area contributed by atoms with Crippen molar-refractivity contribution in [2.45, 2.75) is 32.7 Å². The maximum Gasteiger partial charge on any atom is 0.323 e. The number of aromatic nitrogens is 4. The molecule has 0 amide bonds. The first-order valence-corrected chi connectivity index (χ1v) is 12.1. The van der Waals surface area contributed by atoms with Gasteiger partial charge in [-0.25, -0.2) is 14.6 Å². The van der Waals surface area contributed by atoms with Crippen LogP contribution in [0.25, 0.3) is 22.3 Å². The van der Waals surface area contributed by atoms with E-state index in [0.717, 1.165) is 11.3 Å². The first-order valence-electron chi connectivity index (χ1n) is 12.1. The van der Waals surface area contributed by atoms with Gasteiger partial charge in [0.2, 0.25) is 0 Å². The predicted octanol–water partition coefficient (Wildman–Crippen LogP) is 4.32. The molecule has 5 rings (SSSR count). The van der Waals surface area contributed by atoms with Crippen LogP contribution in [0.15, 0.2) is 60.9 Å². The largest absolute Gasteiger partial charge is 0.465 e. The number of para-hydroxylation sites is 1. The molecule has 0 saturated heterocycles. The summed E-state index contributed by atoms with van der Waals surface area (Å²) in [5, 5.41) is 5.42. The summed E-state index contributed by atoms with van der Waals surface area (Å²) in [6.07, 6.45) is 1.75. The molecule has 0 spiro atoms. The molecular formula is C27H27N5O5. The SMILES string of the molecule is CCOC(=O)C1(C(=O)OCC)CC(n2nc(-c3ccc(Oc4ccccc4)cc3)c3c(N)ncnc32)C1. The van der Waals surface area contributed by atoms with Gasteiger partial charge in [-0.1, -0.05) is 18.2 Å². The Labute approximate surface area is 213 Å². The number of nitrogen functional groups attached to an aromatic ring is 1. The minimum absolute atomic E-state index is 0.174. The Balaban J connectivity index is 1.47. The molecule has 0 radical (unpaired) electrons. The first-order chi connectivity index (χ1) is 18.0. The fourth-order valence-electron chi connectivity index (χ4n) is 4.63. The Bertz CT molecular complexity index is 1410. The summed E-state index contributed by atoms with van der Waals surface area (Å²) in [6, 6.07) is 16.7. The van der Waals surface area contributed by atoms with Crippen LogP contribution in [0.5, 0.6) is 11.5 Å². The van der Waals surface area contributed by atoms with Crippen molar-refractivity contribution in [1.82, 2.24) is 19.7 Å².